The van der Waals surface area contributed by atoms with Gasteiger partial charge in [-0.1, -0.05) is 25.4 Å². The van der Waals surface area contributed by atoms with E-state index in [4.69, 9.17) is 4.52 Å². The first-order chi connectivity index (χ1) is 10.1. The highest BCUT2D eigenvalue weighted by atomic mass is 16.5. The summed E-state index contributed by atoms with van der Waals surface area (Å²) in [6, 6.07) is 0. The van der Waals surface area contributed by atoms with Crippen LogP contribution in [0.5, 0.6) is 0 Å². The van der Waals surface area contributed by atoms with Gasteiger partial charge in [-0.15, -0.1) is 0 Å². The van der Waals surface area contributed by atoms with Crippen LogP contribution in [0.4, 0.5) is 0 Å². The van der Waals surface area contributed by atoms with Crippen LogP contribution in [0.2, 0.25) is 0 Å². The van der Waals surface area contributed by atoms with Gasteiger partial charge in [0.15, 0.2) is 5.82 Å². The van der Waals surface area contributed by atoms with E-state index in [1.807, 2.05) is 6.92 Å². The number of hydrogen-bond acceptors (Lipinski definition) is 5. The molecule has 1 aliphatic heterocycles. The molecule has 1 atom stereocenters. The van der Waals surface area contributed by atoms with E-state index in [0.29, 0.717) is 25.4 Å². The number of carboxylic acid groups (broad SMARTS) is 1. The minimum atomic E-state index is -0.691. The molecular formula is C15H25N3O3. The largest absolute Gasteiger partial charge is 0.481 e. The molecule has 21 heavy (non-hydrogen) atoms. The Morgan fingerprint density at radius 2 is 2.29 bits per heavy atom. The summed E-state index contributed by atoms with van der Waals surface area (Å²) in [4.78, 5) is 18.1. The number of rotatable bonds is 7. The fourth-order valence-electron chi connectivity index (χ4n) is 2.96. The summed E-state index contributed by atoms with van der Waals surface area (Å²) < 4.78 is 5.28. The Kier molecular flexibility index (Phi) is 5.33. The maximum atomic E-state index is 11.5. The van der Waals surface area contributed by atoms with Crippen LogP contribution in [0.1, 0.15) is 57.7 Å². The first kappa shape index (κ1) is 15.9. The molecule has 0 spiro atoms. The molecule has 0 aromatic carbocycles. The molecule has 0 aliphatic carbocycles. The maximum Gasteiger partial charge on any atom is 0.310 e. The number of carbonyl (C=O) groups is 1. The summed E-state index contributed by atoms with van der Waals surface area (Å²) in [6.45, 7) is 6.08. The number of nitrogens with zero attached hydrogens (tertiary/aromatic N) is 3. The molecular weight excluding hydrogens is 270 g/mol. The van der Waals surface area contributed by atoms with E-state index < -0.39 is 11.4 Å². The zero-order chi connectivity index (χ0) is 15.3. The van der Waals surface area contributed by atoms with E-state index in [1.54, 1.807) is 0 Å². The van der Waals surface area contributed by atoms with Crippen molar-refractivity contribution in [2.45, 2.75) is 58.9 Å². The number of unbranched alkanes of at least 4 members (excludes halogenated alkanes) is 1. The molecule has 0 radical (unpaired) electrons. The van der Waals surface area contributed by atoms with Crippen molar-refractivity contribution in [3.63, 3.8) is 0 Å². The molecule has 118 valence electrons. The summed E-state index contributed by atoms with van der Waals surface area (Å²) in [6.07, 6.45) is 5.31. The number of piperidine rings is 1. The summed E-state index contributed by atoms with van der Waals surface area (Å²) in [5.74, 6) is 0.658. The monoisotopic (exact) mass is 295 g/mol. The molecule has 1 saturated heterocycles. The van der Waals surface area contributed by atoms with Crippen molar-refractivity contribution in [2.75, 3.05) is 13.1 Å². The van der Waals surface area contributed by atoms with Crippen LogP contribution in [0.25, 0.3) is 0 Å². The minimum absolute atomic E-state index is 0.550. The van der Waals surface area contributed by atoms with E-state index in [0.717, 1.165) is 44.5 Å². The van der Waals surface area contributed by atoms with E-state index in [1.165, 1.54) is 0 Å². The maximum absolute atomic E-state index is 11.5. The zero-order valence-corrected chi connectivity index (χ0v) is 13.0. The smallest absolute Gasteiger partial charge is 0.310 e. The number of aromatic nitrogens is 2. The van der Waals surface area contributed by atoms with Gasteiger partial charge in [-0.3, -0.25) is 9.69 Å². The molecule has 1 aromatic rings. The number of aryl methyl sites for hydroxylation is 1. The number of hydrogen-bond donors (Lipinski definition) is 1. The third kappa shape index (κ3) is 3.81. The van der Waals surface area contributed by atoms with Gasteiger partial charge in [0.05, 0.1) is 12.0 Å². The van der Waals surface area contributed by atoms with Crippen LogP contribution in [-0.4, -0.2) is 39.2 Å². The molecule has 6 heteroatoms. The van der Waals surface area contributed by atoms with Gasteiger partial charge in [-0.2, -0.15) is 4.98 Å². The Morgan fingerprint density at radius 3 is 2.95 bits per heavy atom. The molecule has 0 amide bonds. The second kappa shape index (κ2) is 7.02. The normalized spacial score (nSPS) is 23.3. The highest BCUT2D eigenvalue weighted by Crippen LogP contribution is 2.34. The highest BCUT2D eigenvalue weighted by molar-refractivity contribution is 5.75. The Bertz CT molecular complexity index is 474. The third-order valence-corrected chi connectivity index (χ3v) is 4.41. The SMILES string of the molecule is CCCCc1noc(CN2CCCC(CC)(C(=O)O)C2)n1. The van der Waals surface area contributed by atoms with Gasteiger partial charge in [0, 0.05) is 13.0 Å². The van der Waals surface area contributed by atoms with Gasteiger partial charge in [-0.25, -0.2) is 0 Å². The molecule has 1 N–H and O–H groups in total. The molecule has 1 fully saturated rings. The van der Waals surface area contributed by atoms with Crippen molar-refractivity contribution in [1.82, 2.24) is 15.0 Å². The predicted molar refractivity (Wildman–Crippen MR) is 77.8 cm³/mol. The van der Waals surface area contributed by atoms with Gasteiger partial charge < -0.3 is 9.63 Å². The van der Waals surface area contributed by atoms with E-state index in [-0.39, 0.29) is 0 Å². The lowest BCUT2D eigenvalue weighted by atomic mass is 9.77. The standard InChI is InChI=1S/C15H25N3O3/c1-3-5-7-12-16-13(21-17-12)10-18-9-6-8-15(4-2,11-18)14(19)20/h3-11H2,1-2H3,(H,19,20). The molecule has 1 aliphatic rings. The summed E-state index contributed by atoms with van der Waals surface area (Å²) in [5, 5.41) is 13.5. The molecule has 6 nitrogen and oxygen atoms in total. The zero-order valence-electron chi connectivity index (χ0n) is 13.0. The van der Waals surface area contributed by atoms with E-state index in [9.17, 15) is 9.90 Å². The quantitative estimate of drug-likeness (QED) is 0.832. The lowest BCUT2D eigenvalue weighted by Crippen LogP contribution is -2.47. The van der Waals surface area contributed by atoms with Crippen molar-refractivity contribution in [3.05, 3.63) is 11.7 Å². The van der Waals surface area contributed by atoms with Crippen molar-refractivity contribution >= 4 is 5.97 Å². The van der Waals surface area contributed by atoms with Crippen LogP contribution in [-0.2, 0) is 17.8 Å². The van der Waals surface area contributed by atoms with Gasteiger partial charge in [-0.05, 0) is 32.2 Å². The van der Waals surface area contributed by atoms with Gasteiger partial charge >= 0.3 is 5.97 Å². The van der Waals surface area contributed by atoms with Crippen molar-refractivity contribution in [1.29, 1.82) is 0 Å². The summed E-state index contributed by atoms with van der Waals surface area (Å²) in [7, 11) is 0. The second-order valence-corrected chi connectivity index (χ2v) is 5.96. The summed E-state index contributed by atoms with van der Waals surface area (Å²) >= 11 is 0. The molecule has 2 heterocycles. The lowest BCUT2D eigenvalue weighted by molar-refractivity contribution is -0.153. The van der Waals surface area contributed by atoms with E-state index >= 15 is 0 Å². The summed E-state index contributed by atoms with van der Waals surface area (Å²) in [5.41, 5.74) is -0.622. The Labute approximate surface area is 125 Å². The van der Waals surface area contributed by atoms with Gasteiger partial charge in [0.25, 0.3) is 0 Å². The Hall–Kier alpha value is -1.43. The molecule has 0 bridgehead atoms. The Balaban J connectivity index is 1.96. The first-order valence-electron chi connectivity index (χ1n) is 7.87. The topological polar surface area (TPSA) is 79.5 Å². The molecule has 2 rings (SSSR count). The van der Waals surface area contributed by atoms with Crippen molar-refractivity contribution in [3.8, 4) is 0 Å². The average Bonchev–Trinajstić information content (AvgIpc) is 2.92. The number of likely N-dealkylation sites (tertiary alicyclic amines) is 1. The van der Waals surface area contributed by atoms with Crippen LogP contribution in [0.15, 0.2) is 4.52 Å². The first-order valence-corrected chi connectivity index (χ1v) is 7.87. The predicted octanol–water partition coefficient (Wildman–Crippen LogP) is 2.49. The second-order valence-electron chi connectivity index (χ2n) is 5.96. The van der Waals surface area contributed by atoms with Gasteiger partial charge in [0.1, 0.15) is 0 Å². The average molecular weight is 295 g/mol. The van der Waals surface area contributed by atoms with Crippen molar-refractivity contribution < 1.29 is 14.4 Å². The van der Waals surface area contributed by atoms with Crippen LogP contribution in [0.3, 0.4) is 0 Å². The van der Waals surface area contributed by atoms with Crippen LogP contribution >= 0.6 is 0 Å². The molecule has 1 aromatic heterocycles. The minimum Gasteiger partial charge on any atom is -0.481 e. The Morgan fingerprint density at radius 1 is 1.48 bits per heavy atom. The van der Waals surface area contributed by atoms with Gasteiger partial charge in [0.2, 0.25) is 5.89 Å². The molecule has 1 unspecified atom stereocenters. The van der Waals surface area contributed by atoms with Crippen LogP contribution in [0, 0.1) is 5.41 Å². The number of aliphatic carboxylic acids is 1. The van der Waals surface area contributed by atoms with Crippen molar-refractivity contribution in [2.24, 2.45) is 5.41 Å². The number of carboxylic acids is 1. The molecule has 0 saturated carbocycles. The van der Waals surface area contributed by atoms with E-state index in [2.05, 4.69) is 22.0 Å². The third-order valence-electron chi connectivity index (χ3n) is 4.41. The highest BCUT2D eigenvalue weighted by Gasteiger charge is 2.40. The van der Waals surface area contributed by atoms with Crippen LogP contribution < -0.4 is 0 Å². The fourth-order valence-corrected chi connectivity index (χ4v) is 2.96. The fraction of sp³-hybridized carbons (Fsp3) is 0.800. The lowest BCUT2D eigenvalue weighted by Gasteiger charge is -2.38.